The van der Waals surface area contributed by atoms with Gasteiger partial charge in [-0.3, -0.25) is 0 Å². The summed E-state index contributed by atoms with van der Waals surface area (Å²) in [4.78, 5) is 23.0. The number of nitrogens with zero attached hydrogens (tertiary/aromatic N) is 3. The summed E-state index contributed by atoms with van der Waals surface area (Å²) in [6.45, 7) is 0.285. The van der Waals surface area contributed by atoms with E-state index in [2.05, 4.69) is 19.8 Å². The molecule has 1 N–H and O–H groups in total. The van der Waals surface area contributed by atoms with E-state index in [1.54, 1.807) is 29.1 Å². The van der Waals surface area contributed by atoms with Gasteiger partial charge >= 0.3 is 11.9 Å². The van der Waals surface area contributed by atoms with Crippen molar-refractivity contribution in [1.29, 1.82) is 0 Å². The monoisotopic (exact) mass is 335 g/mol. The van der Waals surface area contributed by atoms with Crippen LogP contribution in [0.4, 0.5) is 0 Å². The summed E-state index contributed by atoms with van der Waals surface area (Å²) in [6, 6.07) is 6.75. The lowest BCUT2D eigenvalue weighted by Crippen LogP contribution is -2.34. The molecule has 0 spiro atoms. The molecule has 0 bridgehead atoms. The number of carbonyl (C=O) groups excluding carboxylic acids is 2. The molecule has 0 aliphatic rings. The van der Waals surface area contributed by atoms with Crippen molar-refractivity contribution in [2.75, 3.05) is 14.2 Å². The van der Waals surface area contributed by atoms with E-state index in [0.29, 0.717) is 12.2 Å². The Morgan fingerprint density at radius 2 is 1.96 bits per heavy atom. The Bertz CT molecular complexity index is 699. The van der Waals surface area contributed by atoms with Gasteiger partial charge in [0.05, 0.1) is 33.6 Å². The number of rotatable bonds is 7. The van der Waals surface area contributed by atoms with Crippen LogP contribution in [0.2, 0.25) is 0 Å². The summed E-state index contributed by atoms with van der Waals surface area (Å²) in [5, 5.41) is 17.3. The molecule has 128 valence electrons. The summed E-state index contributed by atoms with van der Waals surface area (Å²) < 4.78 is 15.7. The molecule has 0 saturated heterocycles. The highest BCUT2D eigenvalue weighted by atomic mass is 16.6. The normalized spacial score (nSPS) is 10.6. The molecule has 0 amide bonds. The highest BCUT2D eigenvalue weighted by molar-refractivity contribution is 5.97. The van der Waals surface area contributed by atoms with Gasteiger partial charge in [0, 0.05) is 0 Å². The second kappa shape index (κ2) is 8.06. The molecule has 0 radical (unpaired) electrons. The lowest BCUT2D eigenvalue weighted by atomic mass is 10.2. The van der Waals surface area contributed by atoms with Gasteiger partial charge < -0.3 is 19.3 Å². The zero-order chi connectivity index (χ0) is 17.5. The first-order valence-corrected chi connectivity index (χ1v) is 6.97. The van der Waals surface area contributed by atoms with Gasteiger partial charge in [-0.15, -0.1) is 5.10 Å². The third kappa shape index (κ3) is 4.53. The predicted octanol–water partition coefficient (Wildman–Crippen LogP) is 0.263. The van der Waals surface area contributed by atoms with Crippen molar-refractivity contribution in [2.45, 2.75) is 19.3 Å². The number of phenolic OH excluding ortho intramolecular Hbond substituents is 1. The van der Waals surface area contributed by atoms with Crippen LogP contribution in [0.5, 0.6) is 5.75 Å². The fourth-order valence-electron chi connectivity index (χ4n) is 1.94. The number of hydrogen-bond donors (Lipinski definition) is 1. The maximum absolute atomic E-state index is 11.5. The summed E-state index contributed by atoms with van der Waals surface area (Å²) in [7, 11) is 2.29. The summed E-state index contributed by atoms with van der Waals surface area (Å²) in [6.07, 6.45) is 0.131. The summed E-state index contributed by atoms with van der Waals surface area (Å²) >= 11 is 0. The second-order valence-corrected chi connectivity index (χ2v) is 4.81. The molecule has 0 unspecified atom stereocenters. The first-order chi connectivity index (χ1) is 11.5. The highest BCUT2D eigenvalue weighted by Gasteiger charge is 2.29. The van der Waals surface area contributed by atoms with Crippen molar-refractivity contribution < 1.29 is 28.9 Å². The molecule has 0 atom stereocenters. The van der Waals surface area contributed by atoms with Gasteiger partial charge in [-0.1, -0.05) is 17.3 Å². The van der Waals surface area contributed by atoms with E-state index in [0.717, 1.165) is 19.8 Å². The minimum Gasteiger partial charge on any atom is -0.508 e. The average Bonchev–Trinajstić information content (AvgIpc) is 3.01. The topological polar surface area (TPSA) is 113 Å². The van der Waals surface area contributed by atoms with Crippen molar-refractivity contribution in [3.63, 3.8) is 0 Å². The maximum Gasteiger partial charge on any atom is 0.346 e. The van der Waals surface area contributed by atoms with Gasteiger partial charge in [-0.25, -0.2) is 14.3 Å². The molecule has 1 heterocycles. The number of ether oxygens (including phenoxy) is 3. The molecule has 0 fully saturated rings. The number of methoxy groups -OCH3 is 2. The zero-order valence-electron chi connectivity index (χ0n) is 13.2. The van der Waals surface area contributed by atoms with Crippen LogP contribution in [-0.4, -0.2) is 52.4 Å². The molecular formula is C15H17N3O6. The Balaban J connectivity index is 1.97. The van der Waals surface area contributed by atoms with E-state index >= 15 is 0 Å². The van der Waals surface area contributed by atoms with Crippen molar-refractivity contribution >= 4 is 11.9 Å². The molecule has 24 heavy (non-hydrogen) atoms. The zero-order valence-corrected chi connectivity index (χ0v) is 13.2. The van der Waals surface area contributed by atoms with Gasteiger partial charge in [0.2, 0.25) is 0 Å². The Hall–Kier alpha value is -2.94. The smallest absolute Gasteiger partial charge is 0.346 e. The number of esters is 2. The molecule has 0 aliphatic heterocycles. The molecular weight excluding hydrogens is 318 g/mol. The minimum atomic E-state index is -1.48. The van der Waals surface area contributed by atoms with Crippen molar-refractivity contribution in [2.24, 2.45) is 0 Å². The van der Waals surface area contributed by atoms with Gasteiger partial charge in [-0.05, 0) is 17.7 Å². The first kappa shape index (κ1) is 17.4. The predicted molar refractivity (Wildman–Crippen MR) is 79.8 cm³/mol. The number of carbonyl (C=O) groups is 2. The molecule has 1 aromatic heterocycles. The molecule has 0 saturated carbocycles. The lowest BCUT2D eigenvalue weighted by Gasteiger charge is -2.12. The third-order valence-corrected chi connectivity index (χ3v) is 3.07. The van der Waals surface area contributed by atoms with E-state index in [1.807, 2.05) is 6.07 Å². The van der Waals surface area contributed by atoms with Gasteiger partial charge in [0.1, 0.15) is 11.4 Å². The molecule has 0 aliphatic carbocycles. The first-order valence-electron chi connectivity index (χ1n) is 6.97. The van der Waals surface area contributed by atoms with Gasteiger partial charge in [-0.2, -0.15) is 0 Å². The van der Waals surface area contributed by atoms with Gasteiger partial charge in [0.25, 0.3) is 6.10 Å². The van der Waals surface area contributed by atoms with Crippen LogP contribution in [0.25, 0.3) is 0 Å². The van der Waals surface area contributed by atoms with Crippen LogP contribution in [0.3, 0.4) is 0 Å². The largest absolute Gasteiger partial charge is 0.508 e. The van der Waals surface area contributed by atoms with Crippen LogP contribution in [0.15, 0.2) is 30.5 Å². The Morgan fingerprint density at radius 3 is 2.58 bits per heavy atom. The number of benzene rings is 1. The Labute approximate surface area is 137 Å². The number of aromatic hydroxyl groups is 1. The Kier molecular flexibility index (Phi) is 5.85. The van der Waals surface area contributed by atoms with E-state index in [-0.39, 0.29) is 12.4 Å². The van der Waals surface area contributed by atoms with Crippen LogP contribution < -0.4 is 0 Å². The van der Waals surface area contributed by atoms with Crippen molar-refractivity contribution in [1.82, 2.24) is 15.0 Å². The number of phenols is 1. The van der Waals surface area contributed by atoms with Crippen molar-refractivity contribution in [3.8, 4) is 5.75 Å². The maximum atomic E-state index is 11.5. The molecule has 9 nitrogen and oxygen atoms in total. The SMILES string of the molecule is COC(=O)C(OCc1cn(Cc2cccc(O)c2)nn1)C(=O)OC. The second-order valence-electron chi connectivity index (χ2n) is 4.81. The molecule has 2 rings (SSSR count). The molecule has 9 heteroatoms. The quantitative estimate of drug-likeness (QED) is 0.566. The molecule has 2 aromatic rings. The molecule has 1 aromatic carbocycles. The fraction of sp³-hybridized carbons (Fsp3) is 0.333. The van der Waals surface area contributed by atoms with Crippen LogP contribution >= 0.6 is 0 Å². The van der Waals surface area contributed by atoms with E-state index in [1.165, 1.54) is 0 Å². The van der Waals surface area contributed by atoms with Gasteiger partial charge in [0.15, 0.2) is 0 Å². The standard InChI is InChI=1S/C15H17N3O6/c1-22-14(20)13(15(21)23-2)24-9-11-8-18(17-16-11)7-10-4-3-5-12(19)6-10/h3-6,8,13,19H,7,9H2,1-2H3. The number of hydrogen-bond acceptors (Lipinski definition) is 8. The third-order valence-electron chi connectivity index (χ3n) is 3.07. The van der Waals surface area contributed by atoms with Crippen LogP contribution in [-0.2, 0) is 37.0 Å². The fourth-order valence-corrected chi connectivity index (χ4v) is 1.94. The van der Waals surface area contributed by atoms with Crippen LogP contribution in [0, 0.1) is 0 Å². The van der Waals surface area contributed by atoms with E-state index < -0.39 is 18.0 Å². The highest BCUT2D eigenvalue weighted by Crippen LogP contribution is 2.12. The Morgan fingerprint density at radius 1 is 1.25 bits per heavy atom. The number of aromatic nitrogens is 3. The lowest BCUT2D eigenvalue weighted by molar-refractivity contribution is -0.171. The van der Waals surface area contributed by atoms with E-state index in [9.17, 15) is 14.7 Å². The van der Waals surface area contributed by atoms with Crippen LogP contribution in [0.1, 0.15) is 11.3 Å². The average molecular weight is 335 g/mol. The van der Waals surface area contributed by atoms with Crippen molar-refractivity contribution in [3.05, 3.63) is 41.7 Å². The minimum absolute atomic E-state index is 0.116. The summed E-state index contributed by atoms with van der Waals surface area (Å²) in [5.41, 5.74) is 1.27. The summed E-state index contributed by atoms with van der Waals surface area (Å²) in [5.74, 6) is -1.54. The van der Waals surface area contributed by atoms with E-state index in [4.69, 9.17) is 4.74 Å².